The average Bonchev–Trinajstić information content (AvgIpc) is 3.06. The lowest BCUT2D eigenvalue weighted by Gasteiger charge is -2.26. The largest absolute Gasteiger partial charge is 0.305 e. The average molecular weight is 401 g/mol. The number of amides is 1. The number of rotatable bonds is 3. The molecule has 0 fully saturated rings. The van der Waals surface area contributed by atoms with Crippen LogP contribution in [0.15, 0.2) is 53.4 Å². The molecule has 3 aromatic rings. The Bertz CT molecular complexity index is 939. The van der Waals surface area contributed by atoms with Crippen molar-refractivity contribution >= 4 is 27.5 Å². The summed E-state index contributed by atoms with van der Waals surface area (Å²) < 4.78 is 15.5. The van der Waals surface area contributed by atoms with Crippen LogP contribution in [0.5, 0.6) is 0 Å². The first kappa shape index (κ1) is 16.0. The van der Waals surface area contributed by atoms with Crippen molar-refractivity contribution in [3.05, 3.63) is 76.0 Å². The highest BCUT2D eigenvalue weighted by Crippen LogP contribution is 2.25. The van der Waals surface area contributed by atoms with Gasteiger partial charge in [0.15, 0.2) is 0 Å². The Morgan fingerprint density at radius 1 is 1.20 bits per heavy atom. The smallest absolute Gasteiger partial charge is 0.260 e. The number of carbonyl (C=O) groups is 1. The monoisotopic (exact) mass is 400 g/mol. The Hall–Kier alpha value is -2.54. The topological polar surface area (TPSA) is 51.0 Å². The quantitative estimate of drug-likeness (QED) is 0.676. The Kier molecular flexibility index (Phi) is 4.09. The van der Waals surface area contributed by atoms with Crippen LogP contribution in [0.1, 0.15) is 21.6 Å². The molecule has 0 saturated heterocycles. The van der Waals surface area contributed by atoms with E-state index in [1.165, 1.54) is 12.1 Å². The molecule has 3 heterocycles. The third-order valence-electron chi connectivity index (χ3n) is 4.17. The lowest BCUT2D eigenvalue weighted by atomic mass is 10.0. The fraction of sp³-hybridized carbons (Fsp3) is 0.167. The molecule has 0 unspecified atom stereocenters. The van der Waals surface area contributed by atoms with Gasteiger partial charge in [-0.2, -0.15) is 5.10 Å². The molecule has 7 heteroatoms. The second-order valence-electron chi connectivity index (χ2n) is 5.88. The summed E-state index contributed by atoms with van der Waals surface area (Å²) in [5.41, 5.74) is 3.13. The highest BCUT2D eigenvalue weighted by molar-refractivity contribution is 9.10. The zero-order valence-electron chi connectivity index (χ0n) is 13.2. The van der Waals surface area contributed by atoms with Crippen LogP contribution in [0.2, 0.25) is 0 Å². The van der Waals surface area contributed by atoms with E-state index < -0.39 is 0 Å². The van der Waals surface area contributed by atoms with Gasteiger partial charge in [0.2, 0.25) is 0 Å². The van der Waals surface area contributed by atoms with E-state index in [1.807, 2.05) is 6.20 Å². The third-order valence-corrected chi connectivity index (χ3v) is 4.61. The number of aromatic nitrogens is 3. The molecule has 0 saturated carbocycles. The summed E-state index contributed by atoms with van der Waals surface area (Å²) in [6.07, 6.45) is 5.93. The van der Waals surface area contributed by atoms with Crippen molar-refractivity contribution in [1.82, 2.24) is 14.8 Å². The minimum Gasteiger partial charge on any atom is -0.305 e. The zero-order valence-corrected chi connectivity index (χ0v) is 14.8. The predicted octanol–water partition coefficient (Wildman–Crippen LogP) is 3.43. The number of nitrogens with zero attached hydrogens (tertiary/aromatic N) is 4. The predicted molar refractivity (Wildman–Crippen MR) is 95.0 cm³/mol. The minimum absolute atomic E-state index is 0.0728. The summed E-state index contributed by atoms with van der Waals surface area (Å²) in [5, 5.41) is 4.32. The standard InChI is InChI=1S/C18H14BrFN4O/c19-13-7-16-17(21-8-13)5-6-24(18(16)25)15-9-22-23(11-15)10-12-1-3-14(20)4-2-12/h1-4,7-9,11H,5-6,10H2. The van der Waals surface area contributed by atoms with Gasteiger partial charge in [-0.25, -0.2) is 4.39 Å². The van der Waals surface area contributed by atoms with Crippen LogP contribution >= 0.6 is 15.9 Å². The normalized spacial score (nSPS) is 13.8. The van der Waals surface area contributed by atoms with E-state index in [1.54, 1.807) is 40.2 Å². The van der Waals surface area contributed by atoms with Crippen molar-refractivity contribution in [2.24, 2.45) is 0 Å². The van der Waals surface area contributed by atoms with Gasteiger partial charge in [-0.1, -0.05) is 12.1 Å². The Morgan fingerprint density at radius 2 is 2.00 bits per heavy atom. The number of hydrogen-bond donors (Lipinski definition) is 0. The van der Waals surface area contributed by atoms with E-state index in [4.69, 9.17) is 0 Å². The van der Waals surface area contributed by atoms with Crippen LogP contribution in [0.4, 0.5) is 10.1 Å². The van der Waals surface area contributed by atoms with Gasteiger partial charge in [0.1, 0.15) is 5.82 Å². The molecule has 0 atom stereocenters. The summed E-state index contributed by atoms with van der Waals surface area (Å²) >= 11 is 3.36. The highest BCUT2D eigenvalue weighted by Gasteiger charge is 2.27. The molecule has 1 aliphatic rings. The highest BCUT2D eigenvalue weighted by atomic mass is 79.9. The first-order chi connectivity index (χ1) is 12.1. The molecule has 0 bridgehead atoms. The fourth-order valence-electron chi connectivity index (χ4n) is 2.92. The minimum atomic E-state index is -0.262. The second kappa shape index (κ2) is 6.40. The molecule has 25 heavy (non-hydrogen) atoms. The van der Waals surface area contributed by atoms with Crippen LogP contribution < -0.4 is 4.90 Å². The van der Waals surface area contributed by atoms with E-state index in [0.29, 0.717) is 25.1 Å². The molecule has 0 radical (unpaired) electrons. The van der Waals surface area contributed by atoms with E-state index in [9.17, 15) is 9.18 Å². The number of pyridine rings is 1. The number of anilines is 1. The maximum atomic E-state index is 13.0. The number of halogens is 2. The van der Waals surface area contributed by atoms with Gasteiger partial charge in [0, 0.05) is 29.8 Å². The summed E-state index contributed by atoms with van der Waals surface area (Å²) in [6.45, 7) is 1.09. The molecular weight excluding hydrogens is 387 g/mol. The first-order valence-electron chi connectivity index (χ1n) is 7.83. The summed E-state index contributed by atoms with van der Waals surface area (Å²) in [7, 11) is 0. The summed E-state index contributed by atoms with van der Waals surface area (Å²) in [6, 6.07) is 8.11. The lowest BCUT2D eigenvalue weighted by Crippen LogP contribution is -2.37. The molecule has 1 amide bonds. The van der Waals surface area contributed by atoms with Crippen LogP contribution in [0.25, 0.3) is 0 Å². The molecule has 126 valence electrons. The van der Waals surface area contributed by atoms with Crippen molar-refractivity contribution in [1.29, 1.82) is 0 Å². The van der Waals surface area contributed by atoms with E-state index in [0.717, 1.165) is 21.4 Å². The number of carbonyl (C=O) groups excluding carboxylic acids is 1. The van der Waals surface area contributed by atoms with Gasteiger partial charge in [0.25, 0.3) is 5.91 Å². The molecule has 4 rings (SSSR count). The molecule has 5 nitrogen and oxygen atoms in total. The SMILES string of the molecule is O=C1c2cc(Br)cnc2CCN1c1cnn(Cc2ccc(F)cc2)c1. The molecule has 0 N–H and O–H groups in total. The molecule has 0 spiro atoms. The maximum Gasteiger partial charge on any atom is 0.260 e. The molecule has 0 aliphatic carbocycles. The van der Waals surface area contributed by atoms with E-state index >= 15 is 0 Å². The molecule has 1 aromatic carbocycles. The first-order valence-corrected chi connectivity index (χ1v) is 8.62. The second-order valence-corrected chi connectivity index (χ2v) is 6.79. The van der Waals surface area contributed by atoms with Gasteiger partial charge >= 0.3 is 0 Å². The molecule has 1 aliphatic heterocycles. The Morgan fingerprint density at radius 3 is 2.80 bits per heavy atom. The number of fused-ring (bicyclic) bond motifs is 1. The van der Waals surface area contributed by atoms with Gasteiger partial charge in [-0.15, -0.1) is 0 Å². The van der Waals surface area contributed by atoms with Crippen molar-refractivity contribution in [2.45, 2.75) is 13.0 Å². The van der Waals surface area contributed by atoms with Crippen LogP contribution in [0.3, 0.4) is 0 Å². The van der Waals surface area contributed by atoms with Crippen molar-refractivity contribution in [2.75, 3.05) is 11.4 Å². The fourth-order valence-corrected chi connectivity index (χ4v) is 3.25. The van der Waals surface area contributed by atoms with Crippen molar-refractivity contribution < 1.29 is 9.18 Å². The van der Waals surface area contributed by atoms with Crippen molar-refractivity contribution in [3.63, 3.8) is 0 Å². The van der Waals surface area contributed by atoms with Crippen molar-refractivity contribution in [3.8, 4) is 0 Å². The number of benzene rings is 1. The summed E-state index contributed by atoms with van der Waals surface area (Å²) in [5.74, 6) is -0.335. The van der Waals surface area contributed by atoms with E-state index in [2.05, 4.69) is 26.0 Å². The third kappa shape index (κ3) is 3.19. The van der Waals surface area contributed by atoms with Gasteiger partial charge in [0.05, 0.1) is 29.7 Å². The Labute approximate surface area is 152 Å². The maximum absolute atomic E-state index is 13.0. The van der Waals surface area contributed by atoms with Gasteiger partial charge in [-0.3, -0.25) is 14.5 Å². The van der Waals surface area contributed by atoms with Crippen LogP contribution in [-0.4, -0.2) is 27.2 Å². The number of hydrogen-bond acceptors (Lipinski definition) is 3. The Balaban J connectivity index is 1.56. The lowest BCUT2D eigenvalue weighted by molar-refractivity contribution is 0.0979. The van der Waals surface area contributed by atoms with Gasteiger partial charge < -0.3 is 4.90 Å². The van der Waals surface area contributed by atoms with E-state index in [-0.39, 0.29) is 11.7 Å². The van der Waals surface area contributed by atoms with Gasteiger partial charge in [-0.05, 0) is 39.7 Å². The molecule has 2 aromatic heterocycles. The zero-order chi connectivity index (χ0) is 17.4. The summed E-state index contributed by atoms with van der Waals surface area (Å²) in [4.78, 5) is 18.8. The van der Waals surface area contributed by atoms with Crippen LogP contribution in [-0.2, 0) is 13.0 Å². The molecular formula is C18H14BrFN4O. The van der Waals surface area contributed by atoms with Crippen LogP contribution in [0, 0.1) is 5.82 Å².